The zero-order valence-corrected chi connectivity index (χ0v) is 14.4. The first-order chi connectivity index (χ1) is 11.6. The van der Waals surface area contributed by atoms with E-state index in [9.17, 15) is 0 Å². The van der Waals surface area contributed by atoms with Crippen molar-refractivity contribution in [3.8, 4) is 0 Å². The Hall–Kier alpha value is -2.46. The van der Waals surface area contributed by atoms with Crippen molar-refractivity contribution in [3.63, 3.8) is 0 Å². The molecule has 0 bridgehead atoms. The highest BCUT2D eigenvalue weighted by Crippen LogP contribution is 2.49. The van der Waals surface area contributed by atoms with Crippen molar-refractivity contribution in [2.45, 2.75) is 25.7 Å². The fraction of sp³-hybridized carbons (Fsp3) is 0.300. The van der Waals surface area contributed by atoms with Gasteiger partial charge in [0, 0.05) is 24.5 Å². The van der Waals surface area contributed by atoms with Gasteiger partial charge in [-0.15, -0.1) is 0 Å². The largest absolute Gasteiger partial charge is 0.397 e. The molecule has 5 N–H and O–H groups in total. The van der Waals surface area contributed by atoms with Gasteiger partial charge in [-0.1, -0.05) is 37.6 Å². The molecule has 24 heavy (non-hydrogen) atoms. The van der Waals surface area contributed by atoms with E-state index in [2.05, 4.69) is 36.5 Å². The Bertz CT molecular complexity index is 721. The quantitative estimate of drug-likeness (QED) is 0.558. The van der Waals surface area contributed by atoms with E-state index in [4.69, 9.17) is 11.6 Å². The number of rotatable bonds is 6. The lowest BCUT2D eigenvalue weighted by Crippen LogP contribution is -2.25. The molecular formula is C20H26N4. The number of anilines is 2. The molecule has 1 aliphatic rings. The highest BCUT2D eigenvalue weighted by Gasteiger charge is 2.36. The summed E-state index contributed by atoms with van der Waals surface area (Å²) in [6.07, 6.45) is 4.34. The van der Waals surface area contributed by atoms with Gasteiger partial charge in [0.1, 0.15) is 0 Å². The molecule has 0 aromatic heterocycles. The molecule has 1 fully saturated rings. The zero-order valence-electron chi connectivity index (χ0n) is 14.4. The van der Waals surface area contributed by atoms with Gasteiger partial charge in [0.05, 0.1) is 11.4 Å². The van der Waals surface area contributed by atoms with Crippen molar-refractivity contribution in [3.05, 3.63) is 65.9 Å². The first kappa shape index (κ1) is 16.4. The number of nitrogens with zero attached hydrogens (tertiary/aromatic N) is 1. The fourth-order valence-corrected chi connectivity index (χ4v) is 3.15. The van der Waals surface area contributed by atoms with Gasteiger partial charge in [0.15, 0.2) is 0 Å². The third-order valence-electron chi connectivity index (χ3n) is 4.83. The summed E-state index contributed by atoms with van der Waals surface area (Å²) in [6.45, 7) is 2.26. The summed E-state index contributed by atoms with van der Waals surface area (Å²) in [6, 6.07) is 16.4. The average molecular weight is 322 g/mol. The van der Waals surface area contributed by atoms with Crippen LogP contribution in [0.5, 0.6) is 0 Å². The maximum atomic E-state index is 6.19. The van der Waals surface area contributed by atoms with E-state index in [1.807, 2.05) is 31.3 Å². The summed E-state index contributed by atoms with van der Waals surface area (Å²) >= 11 is 0. The number of hydrogen-bond donors (Lipinski definition) is 3. The van der Waals surface area contributed by atoms with Crippen LogP contribution in [0, 0.1) is 5.92 Å². The van der Waals surface area contributed by atoms with E-state index < -0.39 is 0 Å². The van der Waals surface area contributed by atoms with Crippen molar-refractivity contribution in [1.82, 2.24) is 0 Å². The van der Waals surface area contributed by atoms with Crippen LogP contribution in [-0.2, 0) is 0 Å². The van der Waals surface area contributed by atoms with Gasteiger partial charge in [-0.05, 0) is 48.1 Å². The lowest BCUT2D eigenvalue weighted by atomic mass is 10.1. The second kappa shape index (κ2) is 6.97. The third kappa shape index (κ3) is 3.54. The van der Waals surface area contributed by atoms with Crippen LogP contribution >= 0.6 is 0 Å². The summed E-state index contributed by atoms with van der Waals surface area (Å²) in [7, 11) is 1.89. The predicted octanol–water partition coefficient (Wildman–Crippen LogP) is 3.88. The molecule has 4 nitrogen and oxygen atoms in total. The van der Waals surface area contributed by atoms with Crippen LogP contribution in [0.4, 0.5) is 11.4 Å². The molecule has 126 valence electrons. The molecule has 2 aromatic carbocycles. The number of hydrazine groups is 1. The van der Waals surface area contributed by atoms with E-state index in [1.54, 1.807) is 11.2 Å². The predicted molar refractivity (Wildman–Crippen MR) is 102 cm³/mol. The minimum Gasteiger partial charge on any atom is -0.397 e. The summed E-state index contributed by atoms with van der Waals surface area (Å²) in [5.74, 6) is 7.76. The standard InChI is InChI=1S/C20H26N4/c1-3-14-12-19(14)15-7-9-18(10-8-15)24(22)13-20(21)16-5-4-6-17(11-16)23-2/h4-11,13-14,19,23H,3,12,21-22H2,1-2H3/b20-13-. The van der Waals surface area contributed by atoms with Gasteiger partial charge >= 0.3 is 0 Å². The molecule has 0 aliphatic heterocycles. The first-order valence-corrected chi connectivity index (χ1v) is 8.51. The van der Waals surface area contributed by atoms with Gasteiger partial charge in [-0.3, -0.25) is 5.01 Å². The van der Waals surface area contributed by atoms with Crippen molar-refractivity contribution in [2.75, 3.05) is 17.4 Å². The Morgan fingerprint density at radius 3 is 2.62 bits per heavy atom. The highest BCUT2D eigenvalue weighted by molar-refractivity contribution is 5.69. The lowest BCUT2D eigenvalue weighted by molar-refractivity contribution is 0.766. The third-order valence-corrected chi connectivity index (χ3v) is 4.83. The van der Waals surface area contributed by atoms with Crippen molar-refractivity contribution in [1.29, 1.82) is 0 Å². The Kier molecular flexibility index (Phi) is 4.76. The van der Waals surface area contributed by atoms with Gasteiger partial charge in [0.25, 0.3) is 0 Å². The molecule has 0 radical (unpaired) electrons. The van der Waals surface area contributed by atoms with Crippen LogP contribution in [0.3, 0.4) is 0 Å². The molecule has 1 aliphatic carbocycles. The van der Waals surface area contributed by atoms with Crippen LogP contribution in [0.2, 0.25) is 0 Å². The summed E-state index contributed by atoms with van der Waals surface area (Å²) < 4.78 is 0. The number of benzene rings is 2. The topological polar surface area (TPSA) is 67.3 Å². The first-order valence-electron chi connectivity index (χ1n) is 8.51. The van der Waals surface area contributed by atoms with E-state index >= 15 is 0 Å². The second-order valence-corrected chi connectivity index (χ2v) is 6.42. The van der Waals surface area contributed by atoms with Crippen LogP contribution < -0.4 is 21.9 Å². The maximum Gasteiger partial charge on any atom is 0.0569 e. The number of hydrogen-bond acceptors (Lipinski definition) is 4. The Labute approximate surface area is 144 Å². The van der Waals surface area contributed by atoms with Gasteiger partial charge in [-0.2, -0.15) is 0 Å². The lowest BCUT2D eigenvalue weighted by Gasteiger charge is -2.16. The smallest absolute Gasteiger partial charge is 0.0569 e. The molecule has 2 unspecified atom stereocenters. The van der Waals surface area contributed by atoms with Crippen LogP contribution in [0.15, 0.2) is 54.7 Å². The average Bonchev–Trinajstić information content (AvgIpc) is 3.41. The Morgan fingerprint density at radius 1 is 1.25 bits per heavy atom. The zero-order chi connectivity index (χ0) is 17.1. The molecule has 0 spiro atoms. The fourth-order valence-electron chi connectivity index (χ4n) is 3.15. The molecular weight excluding hydrogens is 296 g/mol. The van der Waals surface area contributed by atoms with Crippen molar-refractivity contribution in [2.24, 2.45) is 17.5 Å². The minimum atomic E-state index is 0.631. The summed E-state index contributed by atoms with van der Waals surface area (Å²) in [5, 5.41) is 4.69. The summed E-state index contributed by atoms with van der Waals surface area (Å²) in [4.78, 5) is 0. The van der Waals surface area contributed by atoms with E-state index in [0.717, 1.165) is 28.8 Å². The van der Waals surface area contributed by atoms with E-state index in [1.165, 1.54) is 18.4 Å². The number of nitrogens with one attached hydrogen (secondary N) is 1. The normalized spacial score (nSPS) is 19.9. The van der Waals surface area contributed by atoms with Crippen LogP contribution in [0.25, 0.3) is 5.70 Å². The molecule has 2 atom stereocenters. The molecule has 3 rings (SSSR count). The Morgan fingerprint density at radius 2 is 2.00 bits per heavy atom. The molecule has 0 heterocycles. The van der Waals surface area contributed by atoms with Gasteiger partial charge in [-0.25, -0.2) is 5.84 Å². The SMILES string of the molecule is CCC1CC1c1ccc(N(N)/C=C(\N)c2cccc(NC)c2)cc1. The minimum absolute atomic E-state index is 0.631. The van der Waals surface area contributed by atoms with Crippen LogP contribution in [0.1, 0.15) is 36.8 Å². The highest BCUT2D eigenvalue weighted by atomic mass is 15.4. The van der Waals surface area contributed by atoms with E-state index in [-0.39, 0.29) is 0 Å². The monoisotopic (exact) mass is 322 g/mol. The van der Waals surface area contributed by atoms with Crippen molar-refractivity contribution < 1.29 is 0 Å². The molecule has 2 aromatic rings. The van der Waals surface area contributed by atoms with Crippen LogP contribution in [-0.4, -0.2) is 7.05 Å². The van der Waals surface area contributed by atoms with Crippen molar-refractivity contribution >= 4 is 17.1 Å². The Balaban J connectivity index is 1.72. The van der Waals surface area contributed by atoms with E-state index in [0.29, 0.717) is 5.70 Å². The van der Waals surface area contributed by atoms with Gasteiger partial charge in [0.2, 0.25) is 0 Å². The molecule has 4 heteroatoms. The molecule has 0 amide bonds. The maximum absolute atomic E-state index is 6.19. The number of nitrogens with two attached hydrogens (primary N) is 2. The van der Waals surface area contributed by atoms with Gasteiger partial charge < -0.3 is 11.1 Å². The second-order valence-electron chi connectivity index (χ2n) is 6.42. The molecule has 1 saturated carbocycles. The molecule has 0 saturated heterocycles. The summed E-state index contributed by atoms with van der Waals surface area (Å²) in [5.41, 5.74) is 11.1.